The van der Waals surface area contributed by atoms with Crippen LogP contribution in [0.2, 0.25) is 0 Å². The topological polar surface area (TPSA) is 47.6 Å². The summed E-state index contributed by atoms with van der Waals surface area (Å²) in [5, 5.41) is 2.95. The first-order chi connectivity index (χ1) is 9.72. The standard InChI is InChI=1S/C16H21NO3/c1-19-14-8-7-13(9-15(14)20-2)11-17-16(18)10-12-5-3-4-6-12/h3,5,7-9,12H,4,6,10-11H2,1-2H3,(H,17,18)/t12-/m1/s1. The molecule has 20 heavy (non-hydrogen) atoms. The molecule has 0 spiro atoms. The predicted octanol–water partition coefficient (Wildman–Crippen LogP) is 2.68. The molecule has 0 saturated carbocycles. The van der Waals surface area contributed by atoms with Gasteiger partial charge in [-0.05, 0) is 36.5 Å². The number of benzene rings is 1. The number of ether oxygens (including phenoxy) is 2. The average molecular weight is 275 g/mol. The largest absolute Gasteiger partial charge is 0.493 e. The molecule has 0 radical (unpaired) electrons. The molecule has 0 fully saturated rings. The van der Waals surface area contributed by atoms with Crippen molar-refractivity contribution in [2.75, 3.05) is 14.2 Å². The first kappa shape index (κ1) is 14.4. The molecule has 2 rings (SSSR count). The molecule has 0 unspecified atom stereocenters. The van der Waals surface area contributed by atoms with Crippen LogP contribution in [0.15, 0.2) is 30.4 Å². The number of rotatable bonds is 6. The summed E-state index contributed by atoms with van der Waals surface area (Å²) in [4.78, 5) is 11.8. The van der Waals surface area contributed by atoms with Crippen molar-refractivity contribution >= 4 is 5.91 Å². The van der Waals surface area contributed by atoms with Gasteiger partial charge in [0.05, 0.1) is 14.2 Å². The Bertz CT molecular complexity index is 496. The Morgan fingerprint density at radius 1 is 1.30 bits per heavy atom. The van der Waals surface area contributed by atoms with Crippen LogP contribution in [0.1, 0.15) is 24.8 Å². The van der Waals surface area contributed by atoms with Crippen LogP contribution in [0.4, 0.5) is 0 Å². The van der Waals surface area contributed by atoms with E-state index in [1.165, 1.54) is 0 Å². The Morgan fingerprint density at radius 2 is 2.10 bits per heavy atom. The van der Waals surface area contributed by atoms with E-state index in [0.717, 1.165) is 18.4 Å². The zero-order chi connectivity index (χ0) is 14.4. The molecule has 0 aliphatic heterocycles. The lowest BCUT2D eigenvalue weighted by Crippen LogP contribution is -2.24. The fourth-order valence-corrected chi connectivity index (χ4v) is 2.37. The van der Waals surface area contributed by atoms with Crippen molar-refractivity contribution in [2.24, 2.45) is 5.92 Å². The number of methoxy groups -OCH3 is 2. The van der Waals surface area contributed by atoms with Crippen molar-refractivity contribution in [1.29, 1.82) is 0 Å². The zero-order valence-electron chi connectivity index (χ0n) is 12.0. The minimum Gasteiger partial charge on any atom is -0.493 e. The summed E-state index contributed by atoms with van der Waals surface area (Å²) < 4.78 is 10.4. The highest BCUT2D eigenvalue weighted by Crippen LogP contribution is 2.27. The quantitative estimate of drug-likeness (QED) is 0.812. The van der Waals surface area contributed by atoms with Crippen molar-refractivity contribution in [1.82, 2.24) is 5.32 Å². The Hall–Kier alpha value is -1.97. The molecule has 1 aromatic carbocycles. The summed E-state index contributed by atoms with van der Waals surface area (Å²) in [6, 6.07) is 5.66. The predicted molar refractivity (Wildman–Crippen MR) is 77.9 cm³/mol. The first-order valence-corrected chi connectivity index (χ1v) is 6.87. The second kappa shape index (κ2) is 6.98. The van der Waals surface area contributed by atoms with Crippen LogP contribution in [0.3, 0.4) is 0 Å². The van der Waals surface area contributed by atoms with E-state index >= 15 is 0 Å². The van der Waals surface area contributed by atoms with Crippen molar-refractivity contribution in [3.05, 3.63) is 35.9 Å². The van der Waals surface area contributed by atoms with Gasteiger partial charge in [-0.1, -0.05) is 18.2 Å². The summed E-state index contributed by atoms with van der Waals surface area (Å²) in [6.07, 6.45) is 7.03. The maximum absolute atomic E-state index is 11.8. The fraction of sp³-hybridized carbons (Fsp3) is 0.438. The minimum atomic E-state index is 0.0938. The van der Waals surface area contributed by atoms with Gasteiger partial charge >= 0.3 is 0 Å². The molecule has 108 valence electrons. The lowest BCUT2D eigenvalue weighted by molar-refractivity contribution is -0.121. The number of amides is 1. The van der Waals surface area contributed by atoms with Gasteiger partial charge in [0.15, 0.2) is 11.5 Å². The van der Waals surface area contributed by atoms with Crippen LogP contribution < -0.4 is 14.8 Å². The summed E-state index contributed by atoms with van der Waals surface area (Å²) >= 11 is 0. The number of allylic oxidation sites excluding steroid dienone is 2. The highest BCUT2D eigenvalue weighted by Gasteiger charge is 2.13. The molecule has 1 N–H and O–H groups in total. The normalized spacial score (nSPS) is 17.0. The summed E-state index contributed by atoms with van der Waals surface area (Å²) in [5.74, 6) is 1.87. The van der Waals surface area contributed by atoms with E-state index in [0.29, 0.717) is 30.4 Å². The number of hydrogen-bond acceptors (Lipinski definition) is 3. The van der Waals surface area contributed by atoms with Gasteiger partial charge in [0.1, 0.15) is 0 Å². The van der Waals surface area contributed by atoms with E-state index in [2.05, 4.69) is 17.5 Å². The van der Waals surface area contributed by atoms with E-state index in [9.17, 15) is 4.79 Å². The summed E-state index contributed by atoms with van der Waals surface area (Å²) in [5.41, 5.74) is 0.998. The van der Waals surface area contributed by atoms with Crippen molar-refractivity contribution in [3.8, 4) is 11.5 Å². The van der Waals surface area contributed by atoms with Crippen LogP contribution in [0.5, 0.6) is 11.5 Å². The van der Waals surface area contributed by atoms with Crippen LogP contribution in [0, 0.1) is 5.92 Å². The van der Waals surface area contributed by atoms with E-state index in [-0.39, 0.29) is 5.91 Å². The van der Waals surface area contributed by atoms with Gasteiger partial charge < -0.3 is 14.8 Å². The molecule has 0 saturated heterocycles. The van der Waals surface area contributed by atoms with Gasteiger partial charge in [-0.3, -0.25) is 4.79 Å². The van der Waals surface area contributed by atoms with Crippen LogP contribution >= 0.6 is 0 Å². The van der Waals surface area contributed by atoms with Crippen molar-refractivity contribution in [3.63, 3.8) is 0 Å². The second-order valence-electron chi connectivity index (χ2n) is 4.94. The van der Waals surface area contributed by atoms with Gasteiger partial charge in [0.25, 0.3) is 0 Å². The van der Waals surface area contributed by atoms with Crippen molar-refractivity contribution in [2.45, 2.75) is 25.8 Å². The Morgan fingerprint density at radius 3 is 2.75 bits per heavy atom. The molecule has 1 aromatic rings. The molecular formula is C16H21NO3. The Balaban J connectivity index is 1.86. The van der Waals surface area contributed by atoms with Gasteiger partial charge in [0.2, 0.25) is 5.91 Å². The van der Waals surface area contributed by atoms with Gasteiger partial charge in [-0.25, -0.2) is 0 Å². The lowest BCUT2D eigenvalue weighted by Gasteiger charge is -2.11. The SMILES string of the molecule is COc1ccc(CNC(=O)C[C@@H]2C=CCC2)cc1OC. The molecule has 1 aliphatic rings. The molecule has 0 aromatic heterocycles. The monoisotopic (exact) mass is 275 g/mol. The zero-order valence-corrected chi connectivity index (χ0v) is 12.0. The maximum atomic E-state index is 11.8. The van der Waals surface area contributed by atoms with E-state index in [1.54, 1.807) is 14.2 Å². The Labute approximate surface area is 119 Å². The number of carbonyl (C=O) groups is 1. The van der Waals surface area contributed by atoms with Crippen LogP contribution in [-0.4, -0.2) is 20.1 Å². The fourth-order valence-electron chi connectivity index (χ4n) is 2.37. The molecule has 4 nitrogen and oxygen atoms in total. The highest BCUT2D eigenvalue weighted by molar-refractivity contribution is 5.76. The smallest absolute Gasteiger partial charge is 0.220 e. The molecule has 1 amide bonds. The lowest BCUT2D eigenvalue weighted by atomic mass is 10.1. The highest BCUT2D eigenvalue weighted by atomic mass is 16.5. The molecule has 0 bridgehead atoms. The van der Waals surface area contributed by atoms with E-state index < -0.39 is 0 Å². The van der Waals surface area contributed by atoms with Gasteiger partial charge in [-0.2, -0.15) is 0 Å². The van der Waals surface area contributed by atoms with Gasteiger partial charge in [-0.15, -0.1) is 0 Å². The van der Waals surface area contributed by atoms with Crippen LogP contribution in [-0.2, 0) is 11.3 Å². The van der Waals surface area contributed by atoms with Crippen LogP contribution in [0.25, 0.3) is 0 Å². The van der Waals surface area contributed by atoms with Crippen molar-refractivity contribution < 1.29 is 14.3 Å². The van der Waals surface area contributed by atoms with Gasteiger partial charge in [0, 0.05) is 13.0 Å². The minimum absolute atomic E-state index is 0.0938. The third-order valence-corrected chi connectivity index (χ3v) is 3.50. The number of nitrogens with one attached hydrogen (secondary N) is 1. The number of hydrogen-bond donors (Lipinski definition) is 1. The molecule has 1 aliphatic carbocycles. The first-order valence-electron chi connectivity index (χ1n) is 6.87. The molecule has 4 heteroatoms. The molecule has 0 heterocycles. The summed E-state index contributed by atoms with van der Waals surface area (Å²) in [6.45, 7) is 0.510. The van der Waals surface area contributed by atoms with E-state index in [1.807, 2.05) is 18.2 Å². The molecule has 1 atom stereocenters. The third kappa shape index (κ3) is 3.76. The third-order valence-electron chi connectivity index (χ3n) is 3.50. The second-order valence-corrected chi connectivity index (χ2v) is 4.94. The maximum Gasteiger partial charge on any atom is 0.220 e. The molecular weight excluding hydrogens is 254 g/mol. The Kier molecular flexibility index (Phi) is 5.04. The average Bonchev–Trinajstić information content (AvgIpc) is 2.97. The summed E-state index contributed by atoms with van der Waals surface area (Å²) in [7, 11) is 3.21. The number of carbonyl (C=O) groups excluding carboxylic acids is 1. The van der Waals surface area contributed by atoms with E-state index in [4.69, 9.17) is 9.47 Å².